The van der Waals surface area contributed by atoms with Crippen LogP contribution in [0.4, 0.5) is 0 Å². The molecular formula is C22H26N2O4. The summed E-state index contributed by atoms with van der Waals surface area (Å²) in [6, 6.07) is 6.61. The molecule has 1 aromatic rings. The highest BCUT2D eigenvalue weighted by Crippen LogP contribution is 2.41. The first-order valence-corrected chi connectivity index (χ1v) is 10.1. The predicted molar refractivity (Wildman–Crippen MR) is 104 cm³/mol. The van der Waals surface area contributed by atoms with Gasteiger partial charge in [0.25, 0.3) is 0 Å². The molecule has 0 unspecified atom stereocenters. The molecule has 148 valence electrons. The van der Waals surface area contributed by atoms with E-state index in [-0.39, 0.29) is 30.2 Å². The zero-order valence-corrected chi connectivity index (χ0v) is 16.1. The molecule has 0 aromatic heterocycles. The summed E-state index contributed by atoms with van der Waals surface area (Å²) in [6.45, 7) is 1.49. The van der Waals surface area contributed by atoms with E-state index in [1.165, 1.54) is 6.92 Å². The van der Waals surface area contributed by atoms with Crippen LogP contribution >= 0.6 is 0 Å². The fourth-order valence-electron chi connectivity index (χ4n) is 5.22. The minimum Gasteiger partial charge on any atom is -0.480 e. The number of hydrogen-bond donors (Lipinski definition) is 1. The summed E-state index contributed by atoms with van der Waals surface area (Å²) < 4.78 is 0. The largest absolute Gasteiger partial charge is 0.480 e. The highest BCUT2D eigenvalue weighted by atomic mass is 16.4. The Morgan fingerprint density at radius 1 is 1.14 bits per heavy atom. The van der Waals surface area contributed by atoms with E-state index in [0.717, 1.165) is 36.8 Å². The Labute approximate surface area is 164 Å². The van der Waals surface area contributed by atoms with E-state index in [1.807, 2.05) is 30.3 Å². The van der Waals surface area contributed by atoms with Gasteiger partial charge < -0.3 is 14.9 Å². The molecule has 3 aliphatic rings. The Balaban J connectivity index is 1.63. The molecular weight excluding hydrogens is 356 g/mol. The van der Waals surface area contributed by atoms with Gasteiger partial charge in [-0.2, -0.15) is 0 Å². The van der Waals surface area contributed by atoms with Crippen molar-refractivity contribution in [1.29, 1.82) is 0 Å². The molecule has 2 fully saturated rings. The van der Waals surface area contributed by atoms with Gasteiger partial charge in [-0.05, 0) is 42.4 Å². The second kappa shape index (κ2) is 7.41. The summed E-state index contributed by atoms with van der Waals surface area (Å²) in [6.07, 6.45) is 8.26. The topological polar surface area (TPSA) is 77.9 Å². The van der Waals surface area contributed by atoms with E-state index in [2.05, 4.69) is 0 Å². The molecule has 2 amide bonds. The molecule has 2 heterocycles. The summed E-state index contributed by atoms with van der Waals surface area (Å²) in [5.41, 5.74) is 1.92. The van der Waals surface area contributed by atoms with Crippen LogP contribution in [-0.2, 0) is 14.4 Å². The number of likely N-dealkylation sites (tertiary alicyclic amines) is 1. The van der Waals surface area contributed by atoms with Gasteiger partial charge in [0.15, 0.2) is 0 Å². The van der Waals surface area contributed by atoms with Crippen molar-refractivity contribution in [3.05, 3.63) is 41.6 Å². The first-order valence-electron chi connectivity index (χ1n) is 10.1. The van der Waals surface area contributed by atoms with E-state index < -0.39 is 18.1 Å². The number of benzene rings is 1. The molecule has 6 nitrogen and oxygen atoms in total. The van der Waals surface area contributed by atoms with Crippen molar-refractivity contribution in [1.82, 2.24) is 9.80 Å². The third-order valence-corrected chi connectivity index (χ3v) is 6.50. The first kappa shape index (κ1) is 18.7. The SMILES string of the molecule is CC(=O)N1C=Cc2ccccc2[C@@H]1CC(=O)N1[C@H](C(=O)O)C[C@H]2CCCC[C@@H]21. The summed E-state index contributed by atoms with van der Waals surface area (Å²) in [4.78, 5) is 40.6. The maximum Gasteiger partial charge on any atom is 0.326 e. The molecule has 6 heteroatoms. The standard InChI is InChI=1S/C22H26N2O4/c1-14(25)23-11-10-15-6-2-4-8-17(15)19(23)13-21(26)24-18-9-5-3-7-16(18)12-20(24)22(27)28/h2,4,6,8,10-11,16,18-20H,3,5,7,9,12-13H2,1H3,(H,27,28)/t16-,18+,19+,20+/m1/s1. The van der Waals surface area contributed by atoms with E-state index in [4.69, 9.17) is 0 Å². The third-order valence-electron chi connectivity index (χ3n) is 6.50. The third kappa shape index (κ3) is 3.21. The highest BCUT2D eigenvalue weighted by Gasteiger charge is 2.48. The lowest BCUT2D eigenvalue weighted by atomic mass is 9.84. The van der Waals surface area contributed by atoms with Crippen LogP contribution in [0.15, 0.2) is 30.5 Å². The number of carboxylic acid groups (broad SMARTS) is 1. The molecule has 0 bridgehead atoms. The maximum atomic E-state index is 13.4. The molecule has 28 heavy (non-hydrogen) atoms. The van der Waals surface area contributed by atoms with Gasteiger partial charge in [0.05, 0.1) is 12.5 Å². The Bertz CT molecular complexity index is 834. The van der Waals surface area contributed by atoms with Gasteiger partial charge in [-0.15, -0.1) is 0 Å². The Kier molecular flexibility index (Phi) is 4.96. The molecule has 1 saturated heterocycles. The number of rotatable bonds is 3. The number of carbonyl (C=O) groups is 3. The fourth-order valence-corrected chi connectivity index (χ4v) is 5.22. The van der Waals surface area contributed by atoms with Crippen molar-refractivity contribution < 1.29 is 19.5 Å². The molecule has 1 aliphatic carbocycles. The molecule has 4 atom stereocenters. The Morgan fingerprint density at radius 3 is 2.64 bits per heavy atom. The average molecular weight is 382 g/mol. The van der Waals surface area contributed by atoms with Crippen LogP contribution in [0.5, 0.6) is 0 Å². The number of nitrogens with zero attached hydrogens (tertiary/aromatic N) is 2. The molecule has 4 rings (SSSR count). The van der Waals surface area contributed by atoms with Crippen molar-refractivity contribution >= 4 is 23.9 Å². The quantitative estimate of drug-likeness (QED) is 0.871. The minimum absolute atomic E-state index is 0.0162. The van der Waals surface area contributed by atoms with Crippen LogP contribution in [0.1, 0.15) is 62.6 Å². The van der Waals surface area contributed by atoms with Crippen LogP contribution in [-0.4, -0.2) is 44.8 Å². The summed E-state index contributed by atoms with van der Waals surface area (Å²) in [5.74, 6) is -0.935. The second-order valence-corrected chi connectivity index (χ2v) is 8.09. The molecule has 0 spiro atoms. The van der Waals surface area contributed by atoms with Gasteiger partial charge in [0, 0.05) is 19.2 Å². The summed E-state index contributed by atoms with van der Waals surface area (Å²) in [5, 5.41) is 9.71. The first-order chi connectivity index (χ1) is 13.5. The maximum absolute atomic E-state index is 13.4. The molecule has 2 aliphatic heterocycles. The van der Waals surface area contributed by atoms with Crippen LogP contribution in [0.3, 0.4) is 0 Å². The van der Waals surface area contributed by atoms with Crippen LogP contribution < -0.4 is 0 Å². The van der Waals surface area contributed by atoms with Gasteiger partial charge in [0.1, 0.15) is 6.04 Å². The van der Waals surface area contributed by atoms with Crippen LogP contribution in [0, 0.1) is 5.92 Å². The number of fused-ring (bicyclic) bond motifs is 2. The van der Waals surface area contributed by atoms with Gasteiger partial charge >= 0.3 is 5.97 Å². The second-order valence-electron chi connectivity index (χ2n) is 8.09. The van der Waals surface area contributed by atoms with Gasteiger partial charge in [-0.1, -0.05) is 37.1 Å². The van der Waals surface area contributed by atoms with E-state index >= 15 is 0 Å². The normalized spacial score (nSPS) is 28.6. The lowest BCUT2D eigenvalue weighted by molar-refractivity contribution is -0.150. The number of amides is 2. The average Bonchev–Trinajstić information content (AvgIpc) is 3.08. The summed E-state index contributed by atoms with van der Waals surface area (Å²) in [7, 11) is 0. The zero-order valence-electron chi connectivity index (χ0n) is 16.1. The Hall–Kier alpha value is -2.63. The lowest BCUT2D eigenvalue weighted by Crippen LogP contribution is -2.47. The molecule has 1 saturated carbocycles. The molecule has 1 N–H and O–H groups in total. The van der Waals surface area contributed by atoms with Gasteiger partial charge in [-0.3, -0.25) is 9.59 Å². The van der Waals surface area contributed by atoms with Crippen LogP contribution in [0.25, 0.3) is 6.08 Å². The van der Waals surface area contributed by atoms with E-state index in [9.17, 15) is 19.5 Å². The smallest absolute Gasteiger partial charge is 0.326 e. The molecule has 1 aromatic carbocycles. The number of carbonyl (C=O) groups excluding carboxylic acids is 2. The minimum atomic E-state index is -0.921. The van der Waals surface area contributed by atoms with Crippen molar-refractivity contribution in [2.45, 2.75) is 63.6 Å². The van der Waals surface area contributed by atoms with Crippen molar-refractivity contribution in [2.24, 2.45) is 5.92 Å². The lowest BCUT2D eigenvalue weighted by Gasteiger charge is -2.37. The zero-order chi connectivity index (χ0) is 19.8. The highest BCUT2D eigenvalue weighted by molar-refractivity contribution is 5.86. The molecule has 0 radical (unpaired) electrons. The van der Waals surface area contributed by atoms with E-state index in [0.29, 0.717) is 6.42 Å². The number of aliphatic carboxylic acids is 1. The predicted octanol–water partition coefficient (Wildman–Crippen LogP) is 3.19. The monoisotopic (exact) mass is 382 g/mol. The van der Waals surface area contributed by atoms with E-state index in [1.54, 1.807) is 16.0 Å². The van der Waals surface area contributed by atoms with Crippen molar-refractivity contribution in [3.63, 3.8) is 0 Å². The Morgan fingerprint density at radius 2 is 1.89 bits per heavy atom. The summed E-state index contributed by atoms with van der Waals surface area (Å²) >= 11 is 0. The van der Waals surface area contributed by atoms with Gasteiger partial charge in [-0.25, -0.2) is 4.79 Å². The van der Waals surface area contributed by atoms with Crippen molar-refractivity contribution in [3.8, 4) is 0 Å². The van der Waals surface area contributed by atoms with Crippen molar-refractivity contribution in [2.75, 3.05) is 0 Å². The number of hydrogen-bond acceptors (Lipinski definition) is 3. The van der Waals surface area contributed by atoms with Crippen LogP contribution in [0.2, 0.25) is 0 Å². The van der Waals surface area contributed by atoms with Gasteiger partial charge in [0.2, 0.25) is 11.8 Å². The fraction of sp³-hybridized carbons (Fsp3) is 0.500. The number of carboxylic acids is 1.